The molecule has 128 valence electrons. The predicted molar refractivity (Wildman–Crippen MR) is 104 cm³/mol. The maximum atomic E-state index is 12.4. The summed E-state index contributed by atoms with van der Waals surface area (Å²) in [5.41, 5.74) is 2.64. The third-order valence-corrected chi connectivity index (χ3v) is 4.50. The van der Waals surface area contributed by atoms with Gasteiger partial charge in [0, 0.05) is 0 Å². The molecule has 0 N–H and O–H groups in total. The Morgan fingerprint density at radius 1 is 0.808 bits per heavy atom. The van der Waals surface area contributed by atoms with E-state index in [4.69, 9.17) is 9.15 Å². The van der Waals surface area contributed by atoms with Gasteiger partial charge in [-0.05, 0) is 66.8 Å². The van der Waals surface area contributed by atoms with E-state index >= 15 is 0 Å². The number of hydrogen-bond acceptors (Lipinski definition) is 3. The van der Waals surface area contributed by atoms with Crippen molar-refractivity contribution >= 4 is 10.8 Å². The molecule has 26 heavy (non-hydrogen) atoms. The molecule has 1 aromatic heterocycles. The molecule has 0 atom stereocenters. The molecule has 3 heteroatoms. The molecule has 1 heterocycles. The first-order chi connectivity index (χ1) is 12.6. The van der Waals surface area contributed by atoms with Crippen LogP contribution in [-0.4, -0.2) is 0 Å². The molecule has 0 spiro atoms. The Bertz CT molecular complexity index is 1140. The van der Waals surface area contributed by atoms with E-state index in [2.05, 4.69) is 0 Å². The van der Waals surface area contributed by atoms with Crippen molar-refractivity contribution in [2.45, 2.75) is 13.8 Å². The lowest BCUT2D eigenvalue weighted by atomic mass is 10.0. The summed E-state index contributed by atoms with van der Waals surface area (Å²) in [6, 6.07) is 22.9. The Kier molecular flexibility index (Phi) is 4.05. The van der Waals surface area contributed by atoms with Gasteiger partial charge in [-0.2, -0.15) is 0 Å². The standard InChI is InChI=1S/C23H18O3/c1-15-12-20(21(13-16(15)2)25-18-9-4-3-5-10-18)22-14-17-8-6-7-11-19(17)23(24)26-22/h3-14H,1-2H3. The van der Waals surface area contributed by atoms with Gasteiger partial charge in [0.2, 0.25) is 0 Å². The summed E-state index contributed by atoms with van der Waals surface area (Å²) >= 11 is 0. The Labute approximate surface area is 151 Å². The Morgan fingerprint density at radius 3 is 2.31 bits per heavy atom. The van der Waals surface area contributed by atoms with E-state index in [0.717, 1.165) is 27.8 Å². The highest BCUT2D eigenvalue weighted by Crippen LogP contribution is 2.36. The van der Waals surface area contributed by atoms with Gasteiger partial charge in [0.1, 0.15) is 17.3 Å². The van der Waals surface area contributed by atoms with Crippen LogP contribution in [0.25, 0.3) is 22.1 Å². The first kappa shape index (κ1) is 16.2. The monoisotopic (exact) mass is 342 g/mol. The van der Waals surface area contributed by atoms with Crippen molar-refractivity contribution in [3.8, 4) is 22.8 Å². The van der Waals surface area contributed by atoms with Crippen LogP contribution < -0.4 is 10.4 Å². The van der Waals surface area contributed by atoms with Crippen LogP contribution in [0.5, 0.6) is 11.5 Å². The minimum atomic E-state index is -0.345. The van der Waals surface area contributed by atoms with Gasteiger partial charge >= 0.3 is 5.63 Å². The van der Waals surface area contributed by atoms with Crippen molar-refractivity contribution < 1.29 is 9.15 Å². The number of aryl methyl sites for hydroxylation is 2. The summed E-state index contributed by atoms with van der Waals surface area (Å²) in [6.07, 6.45) is 0. The third kappa shape index (κ3) is 3.00. The second kappa shape index (κ2) is 6.52. The fourth-order valence-corrected chi connectivity index (χ4v) is 2.95. The molecule has 0 aliphatic rings. The van der Waals surface area contributed by atoms with Crippen LogP contribution in [-0.2, 0) is 0 Å². The Hall–Kier alpha value is -3.33. The van der Waals surface area contributed by atoms with E-state index in [1.807, 2.05) is 80.6 Å². The molecular weight excluding hydrogens is 324 g/mol. The largest absolute Gasteiger partial charge is 0.457 e. The lowest BCUT2D eigenvalue weighted by Crippen LogP contribution is -2.01. The number of rotatable bonds is 3. The number of benzene rings is 3. The zero-order chi connectivity index (χ0) is 18.1. The highest BCUT2D eigenvalue weighted by atomic mass is 16.5. The predicted octanol–water partition coefficient (Wildman–Crippen LogP) is 5.87. The summed E-state index contributed by atoms with van der Waals surface area (Å²) in [6.45, 7) is 4.07. The molecule has 0 unspecified atom stereocenters. The van der Waals surface area contributed by atoms with E-state index in [0.29, 0.717) is 16.9 Å². The van der Waals surface area contributed by atoms with Crippen LogP contribution in [0.3, 0.4) is 0 Å². The van der Waals surface area contributed by atoms with E-state index in [9.17, 15) is 4.79 Å². The van der Waals surface area contributed by atoms with E-state index in [-0.39, 0.29) is 5.63 Å². The Morgan fingerprint density at radius 2 is 1.50 bits per heavy atom. The molecule has 0 aliphatic carbocycles. The third-order valence-electron chi connectivity index (χ3n) is 4.50. The normalized spacial score (nSPS) is 10.8. The van der Waals surface area contributed by atoms with Crippen LogP contribution in [0.15, 0.2) is 82.0 Å². The van der Waals surface area contributed by atoms with Crippen molar-refractivity contribution in [3.05, 3.63) is 94.3 Å². The van der Waals surface area contributed by atoms with Gasteiger partial charge in [0.05, 0.1) is 10.9 Å². The lowest BCUT2D eigenvalue weighted by Gasteiger charge is -2.14. The molecule has 4 aromatic rings. The van der Waals surface area contributed by atoms with Crippen molar-refractivity contribution in [3.63, 3.8) is 0 Å². The van der Waals surface area contributed by atoms with E-state index < -0.39 is 0 Å². The minimum absolute atomic E-state index is 0.345. The van der Waals surface area contributed by atoms with Crippen LogP contribution in [0.1, 0.15) is 11.1 Å². The number of ether oxygens (including phenoxy) is 1. The van der Waals surface area contributed by atoms with Crippen molar-refractivity contribution in [1.82, 2.24) is 0 Å². The molecule has 3 aromatic carbocycles. The Balaban J connectivity index is 1.91. The van der Waals surface area contributed by atoms with Crippen molar-refractivity contribution in [1.29, 1.82) is 0 Å². The highest BCUT2D eigenvalue weighted by molar-refractivity contribution is 5.85. The van der Waals surface area contributed by atoms with Gasteiger partial charge in [-0.1, -0.05) is 36.4 Å². The molecule has 3 nitrogen and oxygen atoms in total. The summed E-state index contributed by atoms with van der Waals surface area (Å²) in [4.78, 5) is 12.4. The molecule has 0 aliphatic heterocycles. The SMILES string of the molecule is Cc1cc(Oc2ccccc2)c(-c2cc3ccccc3c(=O)o2)cc1C. The maximum Gasteiger partial charge on any atom is 0.344 e. The molecule has 0 saturated heterocycles. The fraction of sp³-hybridized carbons (Fsp3) is 0.0870. The van der Waals surface area contributed by atoms with Gasteiger partial charge < -0.3 is 9.15 Å². The quantitative estimate of drug-likeness (QED) is 0.467. The molecule has 0 bridgehead atoms. The number of para-hydroxylation sites is 1. The average molecular weight is 342 g/mol. The van der Waals surface area contributed by atoms with Gasteiger partial charge in [-0.15, -0.1) is 0 Å². The van der Waals surface area contributed by atoms with Crippen molar-refractivity contribution in [2.24, 2.45) is 0 Å². The molecule has 0 amide bonds. The maximum absolute atomic E-state index is 12.4. The van der Waals surface area contributed by atoms with Gasteiger partial charge in [-0.3, -0.25) is 0 Å². The summed E-state index contributed by atoms with van der Waals surface area (Å²) in [5.74, 6) is 1.90. The number of fused-ring (bicyclic) bond motifs is 1. The fourth-order valence-electron chi connectivity index (χ4n) is 2.95. The van der Waals surface area contributed by atoms with Gasteiger partial charge in [0.25, 0.3) is 0 Å². The molecular formula is C23H18O3. The van der Waals surface area contributed by atoms with Crippen molar-refractivity contribution in [2.75, 3.05) is 0 Å². The summed E-state index contributed by atoms with van der Waals surface area (Å²) in [7, 11) is 0. The smallest absolute Gasteiger partial charge is 0.344 e. The van der Waals surface area contributed by atoms with E-state index in [1.165, 1.54) is 0 Å². The summed E-state index contributed by atoms with van der Waals surface area (Å²) in [5, 5.41) is 1.42. The second-order valence-electron chi connectivity index (χ2n) is 6.33. The second-order valence-corrected chi connectivity index (χ2v) is 6.33. The average Bonchev–Trinajstić information content (AvgIpc) is 2.65. The van der Waals surface area contributed by atoms with Gasteiger partial charge in [0.15, 0.2) is 0 Å². The summed E-state index contributed by atoms with van der Waals surface area (Å²) < 4.78 is 11.7. The van der Waals surface area contributed by atoms with Crippen LogP contribution in [0.2, 0.25) is 0 Å². The van der Waals surface area contributed by atoms with Gasteiger partial charge in [-0.25, -0.2) is 4.79 Å². The molecule has 0 radical (unpaired) electrons. The van der Waals surface area contributed by atoms with Crippen LogP contribution >= 0.6 is 0 Å². The lowest BCUT2D eigenvalue weighted by molar-refractivity contribution is 0.477. The molecule has 0 saturated carbocycles. The molecule has 4 rings (SSSR count). The highest BCUT2D eigenvalue weighted by Gasteiger charge is 2.14. The number of hydrogen-bond donors (Lipinski definition) is 0. The minimum Gasteiger partial charge on any atom is -0.457 e. The van der Waals surface area contributed by atoms with E-state index in [1.54, 1.807) is 6.07 Å². The van der Waals surface area contributed by atoms with Crippen LogP contribution in [0.4, 0.5) is 0 Å². The zero-order valence-corrected chi connectivity index (χ0v) is 14.7. The molecule has 0 fully saturated rings. The first-order valence-corrected chi connectivity index (χ1v) is 8.49. The topological polar surface area (TPSA) is 39.4 Å². The zero-order valence-electron chi connectivity index (χ0n) is 14.7. The first-order valence-electron chi connectivity index (χ1n) is 8.49. The van der Waals surface area contributed by atoms with Crippen LogP contribution in [0, 0.1) is 13.8 Å².